The van der Waals surface area contributed by atoms with Crippen LogP contribution in [-0.2, 0) is 13.0 Å². The van der Waals surface area contributed by atoms with Gasteiger partial charge in [-0.3, -0.25) is 0 Å². The highest BCUT2D eigenvalue weighted by molar-refractivity contribution is 9.10. The summed E-state index contributed by atoms with van der Waals surface area (Å²) < 4.78 is 13.8. The van der Waals surface area contributed by atoms with Gasteiger partial charge >= 0.3 is 0 Å². The van der Waals surface area contributed by atoms with E-state index in [2.05, 4.69) is 32.3 Å². The quantitative estimate of drug-likeness (QED) is 0.808. The van der Waals surface area contributed by atoms with Gasteiger partial charge in [0.15, 0.2) is 0 Å². The predicted octanol–water partition coefficient (Wildman–Crippen LogP) is 3.79. The van der Waals surface area contributed by atoms with Crippen molar-refractivity contribution < 1.29 is 4.39 Å². The fourth-order valence-electron chi connectivity index (χ4n) is 2.28. The van der Waals surface area contributed by atoms with Gasteiger partial charge in [-0.05, 0) is 45.4 Å². The molecule has 0 unspecified atom stereocenters. The Labute approximate surface area is 117 Å². The number of nitrogen functional groups attached to an aromatic ring is 1. The number of hydrogen-bond acceptors (Lipinski definition) is 3. The fourth-order valence-corrected chi connectivity index (χ4v) is 3.50. The molecular weight excluding hydrogens is 315 g/mol. The summed E-state index contributed by atoms with van der Waals surface area (Å²) in [4.78, 5) is 3.65. The molecule has 1 aliphatic heterocycles. The van der Waals surface area contributed by atoms with E-state index in [1.165, 1.54) is 16.5 Å². The van der Waals surface area contributed by atoms with Crippen LogP contribution < -0.4 is 10.6 Å². The van der Waals surface area contributed by atoms with E-state index < -0.39 is 0 Å². The standard InChI is InChI=1S/C13H12BrFN2S/c14-9-5-12(11(16)6-10(9)15)17-3-1-13-8(7-17)2-4-18-13/h2,4-6H,1,3,7,16H2. The molecule has 18 heavy (non-hydrogen) atoms. The van der Waals surface area contributed by atoms with Gasteiger partial charge in [0, 0.05) is 24.0 Å². The normalized spacial score (nSPS) is 14.7. The summed E-state index contributed by atoms with van der Waals surface area (Å²) in [5, 5.41) is 2.12. The van der Waals surface area contributed by atoms with Gasteiger partial charge in [0.2, 0.25) is 0 Å². The number of nitrogens with zero attached hydrogens (tertiary/aromatic N) is 1. The minimum Gasteiger partial charge on any atom is -0.397 e. The maximum absolute atomic E-state index is 13.4. The van der Waals surface area contributed by atoms with E-state index in [4.69, 9.17) is 5.73 Å². The summed E-state index contributed by atoms with van der Waals surface area (Å²) in [6, 6.07) is 5.30. The average molecular weight is 327 g/mol. The van der Waals surface area contributed by atoms with E-state index in [-0.39, 0.29) is 5.82 Å². The van der Waals surface area contributed by atoms with Crippen LogP contribution in [0, 0.1) is 5.82 Å². The van der Waals surface area contributed by atoms with Gasteiger partial charge in [0.25, 0.3) is 0 Å². The molecule has 2 heterocycles. The summed E-state index contributed by atoms with van der Waals surface area (Å²) in [5.41, 5.74) is 8.67. The summed E-state index contributed by atoms with van der Waals surface area (Å²) in [7, 11) is 0. The van der Waals surface area contributed by atoms with Gasteiger partial charge in [-0.2, -0.15) is 0 Å². The number of anilines is 2. The summed E-state index contributed by atoms with van der Waals surface area (Å²) in [5.74, 6) is -0.315. The molecular formula is C13H12BrFN2S. The lowest BCUT2D eigenvalue weighted by Crippen LogP contribution is -2.30. The van der Waals surface area contributed by atoms with Crippen molar-refractivity contribution in [3.8, 4) is 0 Å². The largest absolute Gasteiger partial charge is 0.397 e. The van der Waals surface area contributed by atoms with Crippen LogP contribution in [0.2, 0.25) is 0 Å². The maximum Gasteiger partial charge on any atom is 0.139 e. The molecule has 2 N–H and O–H groups in total. The molecule has 1 aromatic heterocycles. The second kappa shape index (κ2) is 4.55. The SMILES string of the molecule is Nc1cc(F)c(Br)cc1N1CCc2sccc2C1. The van der Waals surface area contributed by atoms with Crippen molar-refractivity contribution in [2.75, 3.05) is 17.2 Å². The molecule has 94 valence electrons. The van der Waals surface area contributed by atoms with Crippen LogP contribution in [0.25, 0.3) is 0 Å². The number of nitrogens with two attached hydrogens (primary N) is 1. The zero-order valence-electron chi connectivity index (χ0n) is 9.62. The third-order valence-corrected chi connectivity index (χ3v) is 4.85. The van der Waals surface area contributed by atoms with E-state index >= 15 is 0 Å². The number of thiophene rings is 1. The van der Waals surface area contributed by atoms with Crippen molar-refractivity contribution in [3.05, 3.63) is 44.3 Å². The molecule has 0 bridgehead atoms. The lowest BCUT2D eigenvalue weighted by molar-refractivity contribution is 0.621. The van der Waals surface area contributed by atoms with Crippen molar-refractivity contribution in [3.63, 3.8) is 0 Å². The molecule has 0 fully saturated rings. The van der Waals surface area contributed by atoms with E-state index in [9.17, 15) is 4.39 Å². The highest BCUT2D eigenvalue weighted by Gasteiger charge is 2.20. The molecule has 2 nitrogen and oxygen atoms in total. The predicted molar refractivity (Wildman–Crippen MR) is 77.6 cm³/mol. The third-order valence-electron chi connectivity index (χ3n) is 3.22. The first-order valence-corrected chi connectivity index (χ1v) is 7.37. The highest BCUT2D eigenvalue weighted by atomic mass is 79.9. The first kappa shape index (κ1) is 12.0. The molecule has 3 rings (SSSR count). The Balaban J connectivity index is 1.95. The molecule has 0 atom stereocenters. The molecule has 0 amide bonds. The topological polar surface area (TPSA) is 29.3 Å². The van der Waals surface area contributed by atoms with Crippen molar-refractivity contribution >= 4 is 38.6 Å². The van der Waals surface area contributed by atoms with Crippen LogP contribution in [0.1, 0.15) is 10.4 Å². The van der Waals surface area contributed by atoms with E-state index in [0.29, 0.717) is 10.2 Å². The van der Waals surface area contributed by atoms with Crippen molar-refractivity contribution in [1.82, 2.24) is 0 Å². The van der Waals surface area contributed by atoms with Gasteiger partial charge < -0.3 is 10.6 Å². The lowest BCUT2D eigenvalue weighted by atomic mass is 10.1. The maximum atomic E-state index is 13.4. The molecule has 0 aliphatic carbocycles. The molecule has 0 spiro atoms. The average Bonchev–Trinajstić information content (AvgIpc) is 2.80. The molecule has 0 saturated heterocycles. The Hall–Kier alpha value is -1.07. The minimum absolute atomic E-state index is 0.315. The second-order valence-corrected chi connectivity index (χ2v) is 6.22. The summed E-state index contributed by atoms with van der Waals surface area (Å²) >= 11 is 5.02. The molecule has 0 radical (unpaired) electrons. The molecule has 2 aromatic rings. The van der Waals surface area contributed by atoms with Crippen LogP contribution in [0.4, 0.5) is 15.8 Å². The van der Waals surface area contributed by atoms with Crippen LogP contribution in [0.5, 0.6) is 0 Å². The number of benzene rings is 1. The first-order valence-electron chi connectivity index (χ1n) is 5.70. The van der Waals surface area contributed by atoms with Crippen LogP contribution in [-0.4, -0.2) is 6.54 Å². The number of fused-ring (bicyclic) bond motifs is 1. The molecule has 1 aromatic carbocycles. The van der Waals surface area contributed by atoms with Crippen LogP contribution in [0.3, 0.4) is 0 Å². The summed E-state index contributed by atoms with van der Waals surface area (Å²) in [6.45, 7) is 1.77. The van der Waals surface area contributed by atoms with Gasteiger partial charge in [-0.1, -0.05) is 0 Å². The fraction of sp³-hybridized carbons (Fsp3) is 0.231. The highest BCUT2D eigenvalue weighted by Crippen LogP contribution is 2.34. The monoisotopic (exact) mass is 326 g/mol. The Morgan fingerprint density at radius 2 is 2.22 bits per heavy atom. The van der Waals surface area contributed by atoms with E-state index in [0.717, 1.165) is 25.2 Å². The molecule has 0 saturated carbocycles. The number of rotatable bonds is 1. The van der Waals surface area contributed by atoms with E-state index in [1.807, 2.05) is 0 Å². The zero-order chi connectivity index (χ0) is 12.7. The van der Waals surface area contributed by atoms with Crippen LogP contribution >= 0.6 is 27.3 Å². The number of hydrogen-bond donors (Lipinski definition) is 1. The minimum atomic E-state index is -0.315. The van der Waals surface area contributed by atoms with Crippen molar-refractivity contribution in [2.45, 2.75) is 13.0 Å². The lowest BCUT2D eigenvalue weighted by Gasteiger charge is -2.30. The number of halogens is 2. The zero-order valence-corrected chi connectivity index (χ0v) is 12.0. The molecule has 5 heteroatoms. The molecule has 1 aliphatic rings. The second-order valence-electron chi connectivity index (χ2n) is 4.37. The van der Waals surface area contributed by atoms with Gasteiger partial charge in [-0.15, -0.1) is 11.3 Å². The van der Waals surface area contributed by atoms with Gasteiger partial charge in [0.05, 0.1) is 15.8 Å². The Morgan fingerprint density at radius 1 is 1.39 bits per heavy atom. The van der Waals surface area contributed by atoms with Crippen LogP contribution in [0.15, 0.2) is 28.1 Å². The van der Waals surface area contributed by atoms with Gasteiger partial charge in [-0.25, -0.2) is 4.39 Å². The third kappa shape index (κ3) is 2.01. The first-order chi connectivity index (χ1) is 8.65. The summed E-state index contributed by atoms with van der Waals surface area (Å²) in [6.07, 6.45) is 1.03. The van der Waals surface area contributed by atoms with Gasteiger partial charge in [0.1, 0.15) is 5.82 Å². The smallest absolute Gasteiger partial charge is 0.139 e. The Kier molecular flexibility index (Phi) is 3.03. The van der Waals surface area contributed by atoms with Crippen molar-refractivity contribution in [1.29, 1.82) is 0 Å². The van der Waals surface area contributed by atoms with E-state index in [1.54, 1.807) is 17.4 Å². The Morgan fingerprint density at radius 3 is 3.06 bits per heavy atom. The van der Waals surface area contributed by atoms with Crippen molar-refractivity contribution in [2.24, 2.45) is 0 Å². The Bertz CT molecular complexity index is 597.